The predicted molar refractivity (Wildman–Crippen MR) is 86.6 cm³/mol. The van der Waals surface area contributed by atoms with E-state index in [1.807, 2.05) is 4.90 Å². The number of rotatable bonds is 4. The fraction of sp³-hybridized carbons (Fsp3) is 0.294. The van der Waals surface area contributed by atoms with Crippen LogP contribution >= 0.6 is 11.3 Å². The first kappa shape index (κ1) is 17.5. The molecule has 0 N–H and O–H groups in total. The van der Waals surface area contributed by atoms with Gasteiger partial charge in [0.1, 0.15) is 16.9 Å². The van der Waals surface area contributed by atoms with Crippen LogP contribution in [0.5, 0.6) is 0 Å². The molecule has 0 bridgehead atoms. The lowest BCUT2D eigenvalue weighted by Gasteiger charge is -2.27. The number of halogens is 3. The van der Waals surface area contributed by atoms with Crippen LogP contribution in [0.4, 0.5) is 18.2 Å². The second-order valence-corrected chi connectivity index (χ2v) is 6.52. The third kappa shape index (κ3) is 3.38. The summed E-state index contributed by atoms with van der Waals surface area (Å²) in [5, 5.41) is 10.2. The standard InChI is InChI=1S/C17H13F3N2O2S/c18-13-7-15(20)14(19)6-10(13)5-11-12(8-21)17(25-16(11)9-23)22-1-3-24-4-2-22/h6-7,9H,1-5H2. The maximum atomic E-state index is 13.9. The van der Waals surface area contributed by atoms with Crippen molar-refractivity contribution in [2.45, 2.75) is 6.42 Å². The fourth-order valence-electron chi connectivity index (χ4n) is 2.73. The van der Waals surface area contributed by atoms with Gasteiger partial charge in [-0.15, -0.1) is 11.3 Å². The Kier molecular flexibility index (Phi) is 5.06. The number of nitriles is 1. The highest BCUT2D eigenvalue weighted by atomic mass is 32.1. The largest absolute Gasteiger partial charge is 0.378 e. The second-order valence-electron chi connectivity index (χ2n) is 5.49. The number of hydrogen-bond donors (Lipinski definition) is 0. The molecule has 3 rings (SSSR count). The Hall–Kier alpha value is -2.37. The highest BCUT2D eigenvalue weighted by Crippen LogP contribution is 2.37. The van der Waals surface area contributed by atoms with Gasteiger partial charge < -0.3 is 9.64 Å². The number of hydrogen-bond acceptors (Lipinski definition) is 5. The average molecular weight is 366 g/mol. The highest BCUT2D eigenvalue weighted by Gasteiger charge is 2.24. The minimum atomic E-state index is -1.28. The lowest BCUT2D eigenvalue weighted by molar-refractivity contribution is 0.112. The van der Waals surface area contributed by atoms with E-state index < -0.39 is 17.5 Å². The summed E-state index contributed by atoms with van der Waals surface area (Å²) in [6.45, 7) is 2.16. The van der Waals surface area contributed by atoms with Crippen LogP contribution in [0.2, 0.25) is 0 Å². The molecule has 2 heterocycles. The summed E-state index contributed by atoms with van der Waals surface area (Å²) in [5.74, 6) is -3.37. The smallest absolute Gasteiger partial charge is 0.161 e. The number of ether oxygens (including phenoxy) is 1. The van der Waals surface area contributed by atoms with Crippen molar-refractivity contribution in [3.63, 3.8) is 0 Å². The van der Waals surface area contributed by atoms with E-state index in [4.69, 9.17) is 4.74 Å². The molecule has 8 heteroatoms. The molecule has 0 saturated carbocycles. The van der Waals surface area contributed by atoms with Crippen molar-refractivity contribution in [3.05, 3.63) is 51.2 Å². The Bertz CT molecular complexity index is 855. The third-order valence-corrected chi connectivity index (χ3v) is 5.21. The van der Waals surface area contributed by atoms with Crippen LogP contribution in [0.1, 0.15) is 26.4 Å². The molecule has 4 nitrogen and oxygen atoms in total. The third-order valence-electron chi connectivity index (χ3n) is 3.99. The second kappa shape index (κ2) is 7.25. The van der Waals surface area contributed by atoms with Crippen LogP contribution in [-0.2, 0) is 11.2 Å². The van der Waals surface area contributed by atoms with Crippen LogP contribution in [0.25, 0.3) is 0 Å². The molecular weight excluding hydrogens is 353 g/mol. The molecule has 1 saturated heterocycles. The summed E-state index contributed by atoms with van der Waals surface area (Å²) in [6, 6.07) is 3.28. The maximum Gasteiger partial charge on any atom is 0.161 e. The molecule has 130 valence electrons. The minimum absolute atomic E-state index is 0.107. The summed E-state index contributed by atoms with van der Waals surface area (Å²) < 4.78 is 45.7. The molecule has 0 atom stereocenters. The van der Waals surface area contributed by atoms with E-state index in [1.165, 1.54) is 0 Å². The van der Waals surface area contributed by atoms with Crippen molar-refractivity contribution >= 4 is 22.6 Å². The Balaban J connectivity index is 2.03. The van der Waals surface area contributed by atoms with Crippen LogP contribution in [0.3, 0.4) is 0 Å². The highest BCUT2D eigenvalue weighted by molar-refractivity contribution is 7.18. The van der Waals surface area contributed by atoms with Gasteiger partial charge in [0, 0.05) is 25.6 Å². The van der Waals surface area contributed by atoms with Gasteiger partial charge in [-0.3, -0.25) is 4.79 Å². The number of benzene rings is 1. The van der Waals surface area contributed by atoms with E-state index in [2.05, 4.69) is 6.07 Å². The van der Waals surface area contributed by atoms with Crippen molar-refractivity contribution in [2.75, 3.05) is 31.2 Å². The first-order chi connectivity index (χ1) is 12.0. The molecule has 0 amide bonds. The molecule has 1 aromatic carbocycles. The van der Waals surface area contributed by atoms with Gasteiger partial charge in [0.25, 0.3) is 0 Å². The number of carbonyl (C=O) groups is 1. The van der Waals surface area contributed by atoms with Crippen LogP contribution in [0, 0.1) is 28.8 Å². The molecule has 2 aromatic rings. The van der Waals surface area contributed by atoms with E-state index in [0.29, 0.717) is 49.2 Å². The van der Waals surface area contributed by atoms with Gasteiger partial charge in [0.05, 0.1) is 23.7 Å². The molecule has 1 aromatic heterocycles. The van der Waals surface area contributed by atoms with Crippen LogP contribution in [-0.4, -0.2) is 32.6 Å². The van der Waals surface area contributed by atoms with Crippen molar-refractivity contribution in [1.29, 1.82) is 5.26 Å². The van der Waals surface area contributed by atoms with Crippen LogP contribution in [0.15, 0.2) is 12.1 Å². The quantitative estimate of drug-likeness (QED) is 0.616. The summed E-state index contributed by atoms with van der Waals surface area (Å²) in [6.07, 6.45) is 0.434. The summed E-state index contributed by atoms with van der Waals surface area (Å²) in [4.78, 5) is 13.6. The number of carbonyl (C=O) groups excluding carboxylic acids is 1. The Morgan fingerprint density at radius 2 is 1.88 bits per heavy atom. The number of anilines is 1. The molecule has 25 heavy (non-hydrogen) atoms. The van der Waals surface area contributed by atoms with Gasteiger partial charge >= 0.3 is 0 Å². The summed E-state index contributed by atoms with van der Waals surface area (Å²) in [7, 11) is 0. The van der Waals surface area contributed by atoms with Crippen molar-refractivity contribution in [3.8, 4) is 6.07 Å². The molecule has 1 aliphatic heterocycles. The zero-order valence-corrected chi connectivity index (χ0v) is 13.8. The average Bonchev–Trinajstić information content (AvgIpc) is 2.98. The first-order valence-corrected chi connectivity index (χ1v) is 8.33. The van der Waals surface area contributed by atoms with Crippen molar-refractivity contribution < 1.29 is 22.7 Å². The van der Waals surface area contributed by atoms with Gasteiger partial charge in [-0.1, -0.05) is 0 Å². The van der Waals surface area contributed by atoms with E-state index in [1.54, 1.807) is 0 Å². The predicted octanol–water partition coefficient (Wildman–Crippen LogP) is 3.28. The molecule has 1 fully saturated rings. The summed E-state index contributed by atoms with van der Waals surface area (Å²) >= 11 is 1.14. The maximum absolute atomic E-state index is 13.9. The van der Waals surface area contributed by atoms with Gasteiger partial charge in [-0.2, -0.15) is 5.26 Å². The van der Waals surface area contributed by atoms with Crippen molar-refractivity contribution in [2.24, 2.45) is 0 Å². The lowest BCUT2D eigenvalue weighted by Crippen LogP contribution is -2.36. The number of thiophene rings is 1. The van der Waals surface area contributed by atoms with Gasteiger partial charge in [0.15, 0.2) is 17.9 Å². The van der Waals surface area contributed by atoms with E-state index in [9.17, 15) is 23.2 Å². The zero-order chi connectivity index (χ0) is 18.0. The topological polar surface area (TPSA) is 53.3 Å². The first-order valence-electron chi connectivity index (χ1n) is 7.52. The fourth-order valence-corrected chi connectivity index (χ4v) is 3.87. The molecule has 0 unspecified atom stereocenters. The Labute approximate surface area is 146 Å². The molecule has 0 radical (unpaired) electrons. The Morgan fingerprint density at radius 1 is 1.20 bits per heavy atom. The van der Waals surface area contributed by atoms with E-state index in [0.717, 1.165) is 17.4 Å². The van der Waals surface area contributed by atoms with Gasteiger partial charge in [0.2, 0.25) is 0 Å². The Morgan fingerprint density at radius 3 is 2.52 bits per heavy atom. The summed E-state index contributed by atoms with van der Waals surface area (Å²) in [5.41, 5.74) is 0.483. The van der Waals surface area contributed by atoms with Gasteiger partial charge in [-0.25, -0.2) is 13.2 Å². The van der Waals surface area contributed by atoms with Gasteiger partial charge in [-0.05, 0) is 17.2 Å². The normalized spacial score (nSPS) is 14.4. The number of aldehydes is 1. The van der Waals surface area contributed by atoms with Crippen LogP contribution < -0.4 is 4.90 Å². The SMILES string of the molecule is N#Cc1c(N2CCOCC2)sc(C=O)c1Cc1cc(F)c(F)cc1F. The van der Waals surface area contributed by atoms with E-state index in [-0.39, 0.29) is 22.4 Å². The van der Waals surface area contributed by atoms with E-state index >= 15 is 0 Å². The lowest BCUT2D eigenvalue weighted by atomic mass is 10.0. The number of morpholine rings is 1. The number of nitrogens with zero attached hydrogens (tertiary/aromatic N) is 2. The minimum Gasteiger partial charge on any atom is -0.378 e. The zero-order valence-electron chi connectivity index (χ0n) is 13.0. The molecule has 1 aliphatic rings. The molecular formula is C17H13F3N2O2S. The molecule has 0 spiro atoms. The van der Waals surface area contributed by atoms with Crippen molar-refractivity contribution in [1.82, 2.24) is 0 Å². The molecule has 0 aliphatic carbocycles. The monoisotopic (exact) mass is 366 g/mol.